The summed E-state index contributed by atoms with van der Waals surface area (Å²) in [6.07, 6.45) is 6.31. The lowest BCUT2D eigenvalue weighted by molar-refractivity contribution is 0.0950. The van der Waals surface area contributed by atoms with Crippen LogP contribution in [0.3, 0.4) is 0 Å². The smallest absolute Gasteiger partial charge is 0.404 e. The molecular formula is C34H39N5O4S. The van der Waals surface area contributed by atoms with E-state index in [1.54, 1.807) is 12.1 Å². The normalized spacial score (nSPS) is 22.9. The van der Waals surface area contributed by atoms with Gasteiger partial charge in [-0.05, 0) is 86.7 Å². The molecule has 3 unspecified atom stereocenters. The number of nitriles is 1. The molecule has 2 aliphatic heterocycles. The van der Waals surface area contributed by atoms with Crippen molar-refractivity contribution in [2.45, 2.75) is 53.4 Å². The molecule has 2 N–H and O–H groups in total. The van der Waals surface area contributed by atoms with Crippen LogP contribution in [0.5, 0.6) is 0 Å². The number of likely N-dealkylation sites (tertiary alicyclic amines) is 1. The summed E-state index contributed by atoms with van der Waals surface area (Å²) < 4.78 is 25.8. The molecule has 1 amide bonds. The lowest BCUT2D eigenvalue weighted by atomic mass is 9.59. The minimum Gasteiger partial charge on any atom is -0.465 e. The fraction of sp³-hybridized carbons (Fsp3) is 0.441. The van der Waals surface area contributed by atoms with E-state index in [4.69, 9.17) is 0 Å². The summed E-state index contributed by atoms with van der Waals surface area (Å²) in [5, 5.41) is 23.1. The number of anilines is 1. The minimum absolute atomic E-state index is 0.0474. The number of sulfone groups is 1. The minimum atomic E-state index is -3.56. The maximum Gasteiger partial charge on any atom is 0.404 e. The third-order valence-electron chi connectivity index (χ3n) is 10.0. The van der Waals surface area contributed by atoms with E-state index in [0.717, 1.165) is 76.1 Å². The number of hydrogen-bond donors (Lipinski definition) is 2. The van der Waals surface area contributed by atoms with Gasteiger partial charge in [0.1, 0.15) is 0 Å². The summed E-state index contributed by atoms with van der Waals surface area (Å²) in [6, 6.07) is 22.8. The molecule has 3 atom stereocenters. The number of benzene rings is 2. The summed E-state index contributed by atoms with van der Waals surface area (Å²) in [6.45, 7) is 4.68. The molecular weight excluding hydrogens is 574 g/mol. The predicted octanol–water partition coefficient (Wildman–Crippen LogP) is 4.96. The molecule has 3 aliphatic rings. The highest BCUT2D eigenvalue weighted by molar-refractivity contribution is 7.91. The summed E-state index contributed by atoms with van der Waals surface area (Å²) in [4.78, 5) is 20.8. The van der Waals surface area contributed by atoms with Crippen molar-refractivity contribution in [3.8, 4) is 6.07 Å². The molecule has 1 aliphatic carbocycles. The summed E-state index contributed by atoms with van der Waals surface area (Å²) >= 11 is 0. The van der Waals surface area contributed by atoms with Gasteiger partial charge in [0, 0.05) is 55.6 Å². The molecule has 3 aromatic rings. The van der Waals surface area contributed by atoms with Gasteiger partial charge in [-0.15, -0.1) is 0 Å². The van der Waals surface area contributed by atoms with Crippen LogP contribution in [0.4, 0.5) is 10.5 Å². The summed E-state index contributed by atoms with van der Waals surface area (Å²) in [5.74, 6) is 0.640. The van der Waals surface area contributed by atoms with Gasteiger partial charge in [0.15, 0.2) is 0 Å². The first-order valence-electron chi connectivity index (χ1n) is 15.5. The molecule has 3 heterocycles. The quantitative estimate of drug-likeness (QED) is 0.347. The van der Waals surface area contributed by atoms with Crippen LogP contribution >= 0.6 is 0 Å². The Labute approximate surface area is 259 Å². The summed E-state index contributed by atoms with van der Waals surface area (Å²) in [5.41, 5.74) is 1.32. The van der Waals surface area contributed by atoms with Crippen LogP contribution < -0.4 is 10.2 Å². The number of amides is 1. The highest BCUT2D eigenvalue weighted by atomic mass is 32.2. The molecule has 1 saturated carbocycles. The van der Waals surface area contributed by atoms with Crippen LogP contribution in [-0.4, -0.2) is 68.3 Å². The second-order valence-electron chi connectivity index (χ2n) is 12.5. The Morgan fingerprint density at radius 1 is 0.955 bits per heavy atom. The van der Waals surface area contributed by atoms with Gasteiger partial charge < -0.3 is 20.2 Å². The summed E-state index contributed by atoms with van der Waals surface area (Å²) in [7, 11) is -3.56. The van der Waals surface area contributed by atoms with Crippen LogP contribution in [0, 0.1) is 29.1 Å². The van der Waals surface area contributed by atoms with Gasteiger partial charge in [0.05, 0.1) is 21.3 Å². The third kappa shape index (κ3) is 5.78. The Hall–Kier alpha value is -3.94. The van der Waals surface area contributed by atoms with Gasteiger partial charge in [-0.2, -0.15) is 5.26 Å². The average molecular weight is 614 g/mol. The number of carbonyl (C=O) groups is 1. The molecule has 9 nitrogen and oxygen atoms in total. The van der Waals surface area contributed by atoms with Gasteiger partial charge in [-0.1, -0.05) is 36.8 Å². The lowest BCUT2D eigenvalue weighted by Gasteiger charge is -2.48. The fourth-order valence-corrected chi connectivity index (χ4v) is 9.11. The number of rotatable bonds is 9. The molecule has 2 aromatic carbocycles. The molecule has 10 heteroatoms. The van der Waals surface area contributed by atoms with Crippen LogP contribution in [-0.2, 0) is 15.3 Å². The number of nitrogens with zero attached hydrogens (tertiary/aromatic N) is 4. The zero-order chi connectivity index (χ0) is 30.7. The van der Waals surface area contributed by atoms with Crippen molar-refractivity contribution in [1.82, 2.24) is 15.2 Å². The molecule has 6 rings (SSSR count). The standard InChI is InChI=1S/C34H39N5O4S/c35-24-34(26-5-2-1-3-6-26,31-7-4-8-32(31)37-33(40)41)27-15-19-38(20-16-27)21-25-22-39(23-25)28-9-11-29(12-10-28)44(42,43)30-13-17-36-18-14-30/h1-3,5-6,9-14,17-18,25,27,31-32,37H,4,7-8,15-16,19-23H2,(H,40,41). The van der Waals surface area contributed by atoms with Crippen molar-refractivity contribution in [1.29, 1.82) is 5.26 Å². The third-order valence-corrected chi connectivity index (χ3v) is 11.8. The van der Waals surface area contributed by atoms with E-state index in [2.05, 4.69) is 38.3 Å². The van der Waals surface area contributed by atoms with Gasteiger partial charge in [-0.25, -0.2) is 13.2 Å². The first-order valence-corrected chi connectivity index (χ1v) is 17.0. The van der Waals surface area contributed by atoms with Crippen molar-refractivity contribution in [3.05, 3.63) is 84.7 Å². The van der Waals surface area contributed by atoms with Crippen LogP contribution in [0.2, 0.25) is 0 Å². The molecule has 230 valence electrons. The second-order valence-corrected chi connectivity index (χ2v) is 14.4. The Kier molecular flexibility index (Phi) is 8.61. The SMILES string of the molecule is N#CC(c1ccccc1)(C1CCN(CC2CN(c3ccc(S(=O)(=O)c4ccncc4)cc3)C2)CC1)C1CCCC1NC(=O)O. The van der Waals surface area contributed by atoms with Crippen molar-refractivity contribution in [3.63, 3.8) is 0 Å². The van der Waals surface area contributed by atoms with E-state index in [0.29, 0.717) is 5.92 Å². The topological polar surface area (TPSA) is 127 Å². The fourth-order valence-electron chi connectivity index (χ4n) is 7.86. The zero-order valence-corrected chi connectivity index (χ0v) is 25.6. The van der Waals surface area contributed by atoms with Gasteiger partial charge >= 0.3 is 6.09 Å². The molecule has 0 bridgehead atoms. The Balaban J connectivity index is 1.06. The maximum atomic E-state index is 12.9. The van der Waals surface area contributed by atoms with E-state index >= 15 is 0 Å². The molecule has 2 saturated heterocycles. The largest absolute Gasteiger partial charge is 0.465 e. The van der Waals surface area contributed by atoms with Gasteiger partial charge in [-0.3, -0.25) is 4.98 Å². The molecule has 0 radical (unpaired) electrons. The Morgan fingerprint density at radius 2 is 1.61 bits per heavy atom. The highest BCUT2D eigenvalue weighted by Crippen LogP contribution is 2.50. The lowest BCUT2D eigenvalue weighted by Crippen LogP contribution is -2.55. The van der Waals surface area contributed by atoms with E-state index in [-0.39, 0.29) is 27.7 Å². The predicted molar refractivity (Wildman–Crippen MR) is 167 cm³/mol. The highest BCUT2D eigenvalue weighted by Gasteiger charge is 2.52. The Morgan fingerprint density at radius 3 is 2.25 bits per heavy atom. The second kappa shape index (κ2) is 12.6. The van der Waals surface area contributed by atoms with Crippen molar-refractivity contribution >= 4 is 21.6 Å². The first-order chi connectivity index (χ1) is 21.3. The monoisotopic (exact) mass is 613 g/mol. The molecule has 0 spiro atoms. The van der Waals surface area contributed by atoms with Crippen LogP contribution in [0.1, 0.15) is 37.7 Å². The Bertz CT molecular complexity index is 1580. The maximum absolute atomic E-state index is 12.9. The molecule has 1 aromatic heterocycles. The number of hydrogen-bond acceptors (Lipinski definition) is 7. The number of carboxylic acid groups (broad SMARTS) is 1. The van der Waals surface area contributed by atoms with Gasteiger partial charge in [0.2, 0.25) is 9.84 Å². The number of pyridine rings is 1. The van der Waals surface area contributed by atoms with E-state index in [1.807, 2.05) is 30.3 Å². The van der Waals surface area contributed by atoms with Crippen molar-refractivity contribution in [2.75, 3.05) is 37.6 Å². The van der Waals surface area contributed by atoms with Crippen molar-refractivity contribution in [2.24, 2.45) is 17.8 Å². The number of aromatic nitrogens is 1. The number of piperidine rings is 1. The van der Waals surface area contributed by atoms with Crippen LogP contribution in [0.15, 0.2) is 88.9 Å². The van der Waals surface area contributed by atoms with E-state index in [1.165, 1.54) is 24.5 Å². The van der Waals surface area contributed by atoms with Crippen molar-refractivity contribution < 1.29 is 18.3 Å². The van der Waals surface area contributed by atoms with Crippen LogP contribution in [0.25, 0.3) is 0 Å². The average Bonchev–Trinajstić information content (AvgIpc) is 3.49. The number of nitrogens with one attached hydrogen (secondary N) is 1. The molecule has 44 heavy (non-hydrogen) atoms. The van der Waals surface area contributed by atoms with E-state index in [9.17, 15) is 23.6 Å². The van der Waals surface area contributed by atoms with E-state index < -0.39 is 21.3 Å². The zero-order valence-electron chi connectivity index (χ0n) is 24.8. The van der Waals surface area contributed by atoms with Gasteiger partial charge in [0.25, 0.3) is 0 Å². The first kappa shape index (κ1) is 30.1. The molecule has 3 fully saturated rings.